The van der Waals surface area contributed by atoms with E-state index in [2.05, 4.69) is 0 Å². The molecule has 1 aromatic heterocycles. The SMILES string of the molecule is Cc1cc(/C=C2\SC(=O)N(CCOc3cccc4ccccc34)C2=O)c(C)n1-c1ccc(F)cc1. The first-order valence-electron chi connectivity index (χ1n) is 11.2. The lowest BCUT2D eigenvalue weighted by Crippen LogP contribution is -2.32. The van der Waals surface area contributed by atoms with Crippen molar-refractivity contribution in [3.63, 3.8) is 0 Å². The first-order chi connectivity index (χ1) is 16.9. The number of aromatic nitrogens is 1. The van der Waals surface area contributed by atoms with Gasteiger partial charge in [0.15, 0.2) is 0 Å². The van der Waals surface area contributed by atoms with Gasteiger partial charge in [-0.15, -0.1) is 0 Å². The number of ether oxygens (including phenoxy) is 1. The molecule has 3 aromatic carbocycles. The normalized spacial score (nSPS) is 14.9. The number of fused-ring (bicyclic) bond motifs is 1. The lowest BCUT2D eigenvalue weighted by molar-refractivity contribution is -0.123. The summed E-state index contributed by atoms with van der Waals surface area (Å²) in [6.45, 7) is 4.26. The maximum atomic E-state index is 13.3. The Kier molecular flexibility index (Phi) is 6.17. The van der Waals surface area contributed by atoms with Crippen molar-refractivity contribution in [2.24, 2.45) is 0 Å². The predicted molar refractivity (Wildman–Crippen MR) is 137 cm³/mol. The molecule has 1 aliphatic rings. The van der Waals surface area contributed by atoms with Crippen LogP contribution in [0.25, 0.3) is 22.5 Å². The van der Waals surface area contributed by atoms with Crippen molar-refractivity contribution in [1.82, 2.24) is 9.47 Å². The first kappa shape index (κ1) is 22.9. The lowest BCUT2D eigenvalue weighted by Gasteiger charge is -2.14. The average molecular weight is 487 g/mol. The highest BCUT2D eigenvalue weighted by atomic mass is 32.2. The van der Waals surface area contributed by atoms with Crippen LogP contribution in [-0.2, 0) is 4.79 Å². The highest BCUT2D eigenvalue weighted by molar-refractivity contribution is 8.18. The molecule has 5 nitrogen and oxygen atoms in total. The zero-order valence-corrected chi connectivity index (χ0v) is 20.1. The second-order valence-corrected chi connectivity index (χ2v) is 9.29. The van der Waals surface area contributed by atoms with Gasteiger partial charge in [0.05, 0.1) is 11.4 Å². The molecule has 0 aliphatic carbocycles. The number of hydrogen-bond donors (Lipinski definition) is 0. The fourth-order valence-corrected chi connectivity index (χ4v) is 5.18. The number of carbonyl (C=O) groups is 2. The number of hydrogen-bond acceptors (Lipinski definition) is 4. The van der Waals surface area contributed by atoms with Gasteiger partial charge in [0.1, 0.15) is 18.2 Å². The molecule has 0 atom stereocenters. The molecule has 0 saturated carbocycles. The van der Waals surface area contributed by atoms with E-state index in [1.807, 2.05) is 66.9 Å². The summed E-state index contributed by atoms with van der Waals surface area (Å²) in [5, 5.41) is 1.74. The van der Waals surface area contributed by atoms with Crippen molar-refractivity contribution in [1.29, 1.82) is 0 Å². The third-order valence-electron chi connectivity index (χ3n) is 6.04. The summed E-state index contributed by atoms with van der Waals surface area (Å²) in [5.41, 5.74) is 3.52. The van der Waals surface area contributed by atoms with Crippen LogP contribution in [0.1, 0.15) is 17.0 Å². The van der Waals surface area contributed by atoms with Gasteiger partial charge >= 0.3 is 0 Å². The number of imide groups is 1. The van der Waals surface area contributed by atoms with E-state index in [1.165, 1.54) is 17.0 Å². The van der Waals surface area contributed by atoms with E-state index in [4.69, 9.17) is 4.74 Å². The first-order valence-corrected chi connectivity index (χ1v) is 12.0. The number of benzene rings is 3. The molecule has 4 aromatic rings. The fraction of sp³-hybridized carbons (Fsp3) is 0.143. The third kappa shape index (κ3) is 4.47. The molecule has 0 spiro atoms. The Bertz CT molecular complexity index is 1470. The Morgan fingerprint density at radius 1 is 0.971 bits per heavy atom. The minimum atomic E-state index is -0.326. The van der Waals surface area contributed by atoms with Crippen molar-refractivity contribution in [3.8, 4) is 11.4 Å². The van der Waals surface area contributed by atoms with Crippen LogP contribution in [-0.4, -0.2) is 33.8 Å². The number of amides is 2. The quantitative estimate of drug-likeness (QED) is 0.292. The van der Waals surface area contributed by atoms with Crippen LogP contribution >= 0.6 is 11.8 Å². The highest BCUT2D eigenvalue weighted by Crippen LogP contribution is 2.34. The largest absolute Gasteiger partial charge is 0.491 e. The van der Waals surface area contributed by atoms with E-state index in [0.717, 1.165) is 50.9 Å². The van der Waals surface area contributed by atoms with Crippen molar-refractivity contribution in [2.45, 2.75) is 13.8 Å². The second-order valence-electron chi connectivity index (χ2n) is 8.30. The van der Waals surface area contributed by atoms with E-state index in [-0.39, 0.29) is 30.1 Å². The van der Waals surface area contributed by atoms with Crippen LogP contribution in [0.5, 0.6) is 5.75 Å². The van der Waals surface area contributed by atoms with Crippen LogP contribution in [0.3, 0.4) is 0 Å². The van der Waals surface area contributed by atoms with E-state index >= 15 is 0 Å². The molecule has 0 bridgehead atoms. The van der Waals surface area contributed by atoms with Gasteiger partial charge in [0.2, 0.25) is 0 Å². The molecular formula is C28H23FN2O3S. The van der Waals surface area contributed by atoms with Gasteiger partial charge in [0.25, 0.3) is 11.1 Å². The van der Waals surface area contributed by atoms with Crippen molar-refractivity contribution >= 4 is 39.8 Å². The Balaban J connectivity index is 1.31. The number of aryl methyl sites for hydroxylation is 1. The highest BCUT2D eigenvalue weighted by Gasteiger charge is 2.35. The van der Waals surface area contributed by atoms with Gasteiger partial charge in [-0.05, 0) is 79.0 Å². The molecule has 1 aliphatic heterocycles. The van der Waals surface area contributed by atoms with E-state index < -0.39 is 0 Å². The topological polar surface area (TPSA) is 51.5 Å². The zero-order valence-electron chi connectivity index (χ0n) is 19.3. The van der Waals surface area contributed by atoms with Gasteiger partial charge < -0.3 is 9.30 Å². The maximum absolute atomic E-state index is 13.3. The number of rotatable bonds is 6. The molecule has 1 fully saturated rings. The Hall–Kier alpha value is -3.84. The monoisotopic (exact) mass is 486 g/mol. The van der Waals surface area contributed by atoms with Gasteiger partial charge in [-0.1, -0.05) is 36.4 Å². The second kappa shape index (κ2) is 9.43. The minimum Gasteiger partial charge on any atom is -0.491 e. The van der Waals surface area contributed by atoms with E-state index in [0.29, 0.717) is 4.91 Å². The Morgan fingerprint density at radius 2 is 1.71 bits per heavy atom. The molecule has 176 valence electrons. The molecule has 7 heteroatoms. The number of carbonyl (C=O) groups excluding carboxylic acids is 2. The van der Waals surface area contributed by atoms with Crippen LogP contribution in [0.4, 0.5) is 9.18 Å². The molecule has 0 N–H and O–H groups in total. The number of nitrogens with zero attached hydrogens (tertiary/aromatic N) is 2. The molecule has 2 amide bonds. The van der Waals surface area contributed by atoms with E-state index in [9.17, 15) is 14.0 Å². The summed E-state index contributed by atoms with van der Waals surface area (Å²) in [6.07, 6.45) is 1.75. The zero-order chi connectivity index (χ0) is 24.5. The molecule has 1 saturated heterocycles. The summed E-state index contributed by atoms with van der Waals surface area (Å²) < 4.78 is 21.3. The third-order valence-corrected chi connectivity index (χ3v) is 6.94. The van der Waals surface area contributed by atoms with Crippen LogP contribution in [0.2, 0.25) is 0 Å². The lowest BCUT2D eigenvalue weighted by atomic mass is 10.1. The minimum absolute atomic E-state index is 0.166. The fourth-order valence-electron chi connectivity index (χ4n) is 4.32. The molecule has 2 heterocycles. The molecule has 0 radical (unpaired) electrons. The molecule has 35 heavy (non-hydrogen) atoms. The standard InChI is InChI=1S/C28H23FN2O3S/c1-18-16-21(19(2)31(18)23-12-10-22(29)11-13-23)17-26-27(32)30(28(33)35-26)14-15-34-25-9-5-7-20-6-3-4-8-24(20)25/h3-13,16-17H,14-15H2,1-2H3/b26-17-. The summed E-state index contributed by atoms with van der Waals surface area (Å²) >= 11 is 0.931. The van der Waals surface area contributed by atoms with Crippen LogP contribution in [0, 0.1) is 19.7 Å². The molecular weight excluding hydrogens is 463 g/mol. The molecule has 5 rings (SSSR count). The van der Waals surface area contributed by atoms with Gasteiger partial charge in [-0.2, -0.15) is 0 Å². The predicted octanol–water partition coefficient (Wildman–Crippen LogP) is 6.50. The number of halogens is 1. The van der Waals surface area contributed by atoms with Crippen LogP contribution in [0.15, 0.2) is 77.7 Å². The van der Waals surface area contributed by atoms with Crippen LogP contribution < -0.4 is 4.74 Å². The van der Waals surface area contributed by atoms with Crippen molar-refractivity contribution in [3.05, 3.63) is 100 Å². The summed E-state index contributed by atoms with van der Waals surface area (Å²) in [6, 6.07) is 21.9. The summed E-state index contributed by atoms with van der Waals surface area (Å²) in [4.78, 5) is 27.2. The number of thioether (sulfide) groups is 1. The maximum Gasteiger partial charge on any atom is 0.293 e. The van der Waals surface area contributed by atoms with Gasteiger partial charge in [-0.25, -0.2) is 4.39 Å². The smallest absolute Gasteiger partial charge is 0.293 e. The molecule has 0 unspecified atom stereocenters. The van der Waals surface area contributed by atoms with E-state index in [1.54, 1.807) is 18.2 Å². The summed E-state index contributed by atoms with van der Waals surface area (Å²) in [5.74, 6) is 0.0986. The van der Waals surface area contributed by atoms with Crippen molar-refractivity contribution in [2.75, 3.05) is 13.2 Å². The Morgan fingerprint density at radius 3 is 2.51 bits per heavy atom. The van der Waals surface area contributed by atoms with Gasteiger partial charge in [0, 0.05) is 22.5 Å². The van der Waals surface area contributed by atoms with Gasteiger partial charge in [-0.3, -0.25) is 14.5 Å². The average Bonchev–Trinajstić information content (AvgIpc) is 3.28. The summed E-state index contributed by atoms with van der Waals surface area (Å²) in [7, 11) is 0. The Labute approximate surface area is 206 Å². The van der Waals surface area contributed by atoms with Crippen molar-refractivity contribution < 1.29 is 18.7 Å².